The highest BCUT2D eigenvalue weighted by molar-refractivity contribution is 7.80. The quantitative estimate of drug-likeness (QED) is 0.785. The first kappa shape index (κ1) is 18.4. The Hall–Kier alpha value is -2.43. The van der Waals surface area contributed by atoms with Gasteiger partial charge in [-0.1, -0.05) is 6.92 Å². The molecule has 0 radical (unpaired) electrons. The Bertz CT molecular complexity index is 881. The van der Waals surface area contributed by atoms with Crippen molar-refractivity contribution in [2.45, 2.75) is 26.2 Å². The summed E-state index contributed by atoms with van der Waals surface area (Å²) in [6.07, 6.45) is 3.00. The van der Waals surface area contributed by atoms with Crippen LogP contribution in [0.5, 0.6) is 5.75 Å². The lowest BCUT2D eigenvalue weighted by Gasteiger charge is -2.17. The van der Waals surface area contributed by atoms with Crippen molar-refractivity contribution in [1.29, 1.82) is 5.26 Å². The van der Waals surface area contributed by atoms with Crippen LogP contribution in [0.4, 0.5) is 5.00 Å². The Balaban J connectivity index is 1.70. The molecule has 134 valence electrons. The molecule has 1 aromatic carbocycles. The van der Waals surface area contributed by atoms with Crippen molar-refractivity contribution < 1.29 is 9.53 Å². The molecule has 1 aliphatic carbocycles. The van der Waals surface area contributed by atoms with Crippen molar-refractivity contribution in [1.82, 2.24) is 5.32 Å². The lowest BCUT2D eigenvalue weighted by molar-refractivity contribution is 0.0977. The van der Waals surface area contributed by atoms with Gasteiger partial charge in [0.05, 0.1) is 12.7 Å². The topological polar surface area (TPSA) is 74.2 Å². The van der Waals surface area contributed by atoms with E-state index in [9.17, 15) is 10.1 Å². The van der Waals surface area contributed by atoms with Crippen LogP contribution in [-0.4, -0.2) is 18.1 Å². The number of nitriles is 1. The van der Waals surface area contributed by atoms with E-state index in [2.05, 4.69) is 23.6 Å². The van der Waals surface area contributed by atoms with Gasteiger partial charge in [-0.05, 0) is 67.2 Å². The number of amides is 1. The third-order valence-corrected chi connectivity index (χ3v) is 5.80. The number of carbonyl (C=O) groups is 1. The normalized spacial score (nSPS) is 15.5. The maximum atomic E-state index is 12.3. The average Bonchev–Trinajstić information content (AvgIpc) is 2.97. The summed E-state index contributed by atoms with van der Waals surface area (Å²) in [5, 5.41) is 16.1. The summed E-state index contributed by atoms with van der Waals surface area (Å²) in [4.78, 5) is 13.5. The van der Waals surface area contributed by atoms with E-state index in [4.69, 9.17) is 17.0 Å². The molecular formula is C19H19N3O2S2. The molecule has 1 aliphatic rings. The summed E-state index contributed by atoms with van der Waals surface area (Å²) < 4.78 is 5.08. The largest absolute Gasteiger partial charge is 0.497 e. The van der Waals surface area contributed by atoms with E-state index in [1.807, 2.05) is 0 Å². The maximum absolute atomic E-state index is 12.3. The van der Waals surface area contributed by atoms with Crippen molar-refractivity contribution in [3.8, 4) is 11.8 Å². The number of nitrogens with zero attached hydrogens (tertiary/aromatic N) is 1. The lowest BCUT2D eigenvalue weighted by Crippen LogP contribution is -2.34. The van der Waals surface area contributed by atoms with Gasteiger partial charge in [0.2, 0.25) is 0 Å². The van der Waals surface area contributed by atoms with Gasteiger partial charge < -0.3 is 10.1 Å². The third kappa shape index (κ3) is 3.87. The number of ether oxygens (including phenoxy) is 1. The van der Waals surface area contributed by atoms with Crippen molar-refractivity contribution in [3.05, 3.63) is 45.8 Å². The Morgan fingerprint density at radius 1 is 1.38 bits per heavy atom. The predicted octanol–water partition coefficient (Wildman–Crippen LogP) is 3.88. The van der Waals surface area contributed by atoms with Gasteiger partial charge in [0.25, 0.3) is 5.91 Å². The zero-order chi connectivity index (χ0) is 18.7. The highest BCUT2D eigenvalue weighted by Gasteiger charge is 2.24. The van der Waals surface area contributed by atoms with Crippen LogP contribution in [-0.2, 0) is 12.8 Å². The van der Waals surface area contributed by atoms with Gasteiger partial charge in [-0.15, -0.1) is 11.3 Å². The molecule has 3 rings (SSSR count). The molecule has 2 aromatic rings. The van der Waals surface area contributed by atoms with Gasteiger partial charge in [0.1, 0.15) is 16.8 Å². The molecule has 0 saturated carbocycles. The molecule has 0 spiro atoms. The van der Waals surface area contributed by atoms with Crippen molar-refractivity contribution in [2.24, 2.45) is 5.92 Å². The van der Waals surface area contributed by atoms with Crippen LogP contribution in [0.3, 0.4) is 0 Å². The molecule has 1 atom stereocenters. The fraction of sp³-hybridized carbons (Fsp3) is 0.316. The molecule has 0 fully saturated rings. The number of fused-ring (bicyclic) bond motifs is 1. The molecular weight excluding hydrogens is 366 g/mol. The minimum Gasteiger partial charge on any atom is -0.497 e. The Morgan fingerprint density at radius 3 is 2.77 bits per heavy atom. The zero-order valence-electron chi connectivity index (χ0n) is 14.6. The number of carbonyl (C=O) groups excluding carboxylic acids is 1. The van der Waals surface area contributed by atoms with Crippen molar-refractivity contribution >= 4 is 39.6 Å². The molecule has 0 bridgehead atoms. The second-order valence-electron chi connectivity index (χ2n) is 6.30. The van der Waals surface area contributed by atoms with Gasteiger partial charge >= 0.3 is 0 Å². The molecule has 1 aromatic heterocycles. The molecule has 1 heterocycles. The maximum Gasteiger partial charge on any atom is 0.257 e. The predicted molar refractivity (Wildman–Crippen MR) is 107 cm³/mol. The lowest BCUT2D eigenvalue weighted by atomic mass is 9.89. The van der Waals surface area contributed by atoms with Crippen molar-refractivity contribution in [3.63, 3.8) is 0 Å². The number of thiophene rings is 1. The first-order valence-corrected chi connectivity index (χ1v) is 9.55. The number of methoxy groups -OCH3 is 1. The summed E-state index contributed by atoms with van der Waals surface area (Å²) >= 11 is 6.82. The van der Waals surface area contributed by atoms with Gasteiger partial charge in [-0.25, -0.2) is 0 Å². The first-order chi connectivity index (χ1) is 12.5. The Kier molecular flexibility index (Phi) is 5.55. The summed E-state index contributed by atoms with van der Waals surface area (Å²) in [5.74, 6) is 1.00. The highest BCUT2D eigenvalue weighted by atomic mass is 32.1. The van der Waals surface area contributed by atoms with Crippen LogP contribution in [0.25, 0.3) is 0 Å². The SMILES string of the molecule is COc1ccc(C(=O)NC(=S)Nc2sc3c(c2C#N)CCC(C)C3)cc1. The van der Waals surface area contributed by atoms with Crippen LogP contribution < -0.4 is 15.4 Å². The minimum atomic E-state index is -0.307. The molecule has 7 heteroatoms. The average molecular weight is 386 g/mol. The third-order valence-electron chi connectivity index (χ3n) is 4.43. The standard InChI is InChI=1S/C19H19N3O2S2/c1-11-3-8-14-15(10-20)18(26-16(14)9-11)22-19(25)21-17(23)12-4-6-13(24-2)7-5-12/h4-7,11H,3,8-9H2,1-2H3,(H2,21,22,23,25). The number of hydrogen-bond acceptors (Lipinski definition) is 5. The summed E-state index contributed by atoms with van der Waals surface area (Å²) in [6.45, 7) is 2.22. The second kappa shape index (κ2) is 7.85. The van der Waals surface area contributed by atoms with Crippen LogP contribution in [0.1, 0.15) is 39.7 Å². The van der Waals surface area contributed by atoms with E-state index in [-0.39, 0.29) is 11.0 Å². The Labute approximate surface area is 162 Å². The van der Waals surface area contributed by atoms with Crippen LogP contribution in [0.2, 0.25) is 0 Å². The monoisotopic (exact) mass is 385 g/mol. The molecule has 2 N–H and O–H groups in total. The van der Waals surface area contributed by atoms with E-state index in [0.717, 1.165) is 24.8 Å². The van der Waals surface area contributed by atoms with E-state index >= 15 is 0 Å². The van der Waals surface area contributed by atoms with E-state index in [0.29, 0.717) is 27.8 Å². The molecule has 26 heavy (non-hydrogen) atoms. The number of benzene rings is 1. The van der Waals surface area contributed by atoms with Crippen LogP contribution >= 0.6 is 23.6 Å². The highest BCUT2D eigenvalue weighted by Crippen LogP contribution is 2.39. The van der Waals surface area contributed by atoms with E-state index < -0.39 is 0 Å². The molecule has 5 nitrogen and oxygen atoms in total. The fourth-order valence-corrected chi connectivity index (χ4v) is 4.63. The molecule has 1 amide bonds. The molecule has 0 aliphatic heterocycles. The van der Waals surface area contributed by atoms with Gasteiger partial charge in [-0.3, -0.25) is 10.1 Å². The van der Waals surface area contributed by atoms with Gasteiger partial charge in [0.15, 0.2) is 5.11 Å². The summed E-state index contributed by atoms with van der Waals surface area (Å²) in [6, 6.07) is 9.05. The zero-order valence-corrected chi connectivity index (χ0v) is 16.2. The Morgan fingerprint density at radius 2 is 2.12 bits per heavy atom. The minimum absolute atomic E-state index is 0.189. The van der Waals surface area contributed by atoms with Crippen molar-refractivity contribution in [2.75, 3.05) is 12.4 Å². The number of anilines is 1. The molecule has 0 saturated heterocycles. The molecule has 1 unspecified atom stereocenters. The second-order valence-corrected chi connectivity index (χ2v) is 7.82. The fourth-order valence-electron chi connectivity index (χ4n) is 3.01. The summed E-state index contributed by atoms with van der Waals surface area (Å²) in [7, 11) is 1.57. The number of nitrogens with one attached hydrogen (secondary N) is 2. The van der Waals surface area contributed by atoms with E-state index in [1.165, 1.54) is 4.88 Å². The number of hydrogen-bond donors (Lipinski definition) is 2. The summed E-state index contributed by atoms with van der Waals surface area (Å²) in [5.41, 5.74) is 2.26. The smallest absolute Gasteiger partial charge is 0.257 e. The van der Waals surface area contributed by atoms with Gasteiger partial charge in [0, 0.05) is 10.4 Å². The van der Waals surface area contributed by atoms with Gasteiger partial charge in [-0.2, -0.15) is 5.26 Å². The van der Waals surface area contributed by atoms with Crippen LogP contribution in [0, 0.1) is 17.2 Å². The first-order valence-electron chi connectivity index (χ1n) is 8.32. The van der Waals surface area contributed by atoms with E-state index in [1.54, 1.807) is 42.7 Å². The number of rotatable bonds is 3. The number of thiocarbonyl (C=S) groups is 1. The van der Waals surface area contributed by atoms with Crippen LogP contribution in [0.15, 0.2) is 24.3 Å².